The molecule has 2 aromatic rings. The van der Waals surface area contributed by atoms with Crippen molar-refractivity contribution in [3.63, 3.8) is 0 Å². The number of halogens is 1. The number of imide groups is 1. The topological polar surface area (TPSA) is 90.3 Å². The van der Waals surface area contributed by atoms with E-state index in [2.05, 4.69) is 4.90 Å². The maximum atomic E-state index is 13.9. The Morgan fingerprint density at radius 3 is 2.67 bits per heavy atom. The summed E-state index contributed by atoms with van der Waals surface area (Å²) in [7, 11) is 0. The molecule has 0 radical (unpaired) electrons. The van der Waals surface area contributed by atoms with Gasteiger partial charge in [0.25, 0.3) is 11.8 Å². The molecule has 3 aliphatic carbocycles. The van der Waals surface area contributed by atoms with Gasteiger partial charge in [-0.15, -0.1) is 0 Å². The van der Waals surface area contributed by atoms with Crippen LogP contribution >= 0.6 is 0 Å². The molecule has 0 unspecified atom stereocenters. The van der Waals surface area contributed by atoms with Gasteiger partial charge in [-0.1, -0.05) is 6.07 Å². The van der Waals surface area contributed by atoms with Gasteiger partial charge in [0.2, 0.25) is 0 Å². The summed E-state index contributed by atoms with van der Waals surface area (Å²) in [5, 5.41) is 23.4. The van der Waals surface area contributed by atoms with Gasteiger partial charge in [-0.3, -0.25) is 19.4 Å². The highest BCUT2D eigenvalue weighted by atomic mass is 19.1. The second-order valence-electron chi connectivity index (χ2n) is 11.6. The molecule has 2 bridgehead atoms. The number of ether oxygens (including phenoxy) is 1. The summed E-state index contributed by atoms with van der Waals surface area (Å²) in [5.74, 6) is -0.467. The Morgan fingerprint density at radius 2 is 1.86 bits per heavy atom. The van der Waals surface area contributed by atoms with Crippen molar-refractivity contribution in [1.82, 2.24) is 9.80 Å². The molecule has 5 atom stereocenters. The minimum atomic E-state index is -1.10. The zero-order valence-electron chi connectivity index (χ0n) is 19.7. The fraction of sp³-hybridized carbons (Fsp3) is 0.500. The number of phenols is 1. The van der Waals surface area contributed by atoms with Gasteiger partial charge >= 0.3 is 0 Å². The molecule has 2 amide bonds. The summed E-state index contributed by atoms with van der Waals surface area (Å²) >= 11 is 0. The highest BCUT2D eigenvalue weighted by Gasteiger charge is 2.74. The summed E-state index contributed by atoms with van der Waals surface area (Å²) in [6.45, 7) is 1.76. The highest BCUT2D eigenvalue weighted by molar-refractivity contribution is 6.21. The number of hydrogen-bond donors (Lipinski definition) is 2. The van der Waals surface area contributed by atoms with E-state index in [0.29, 0.717) is 37.4 Å². The summed E-state index contributed by atoms with van der Waals surface area (Å²) in [6, 6.07) is 6.54. The van der Waals surface area contributed by atoms with Crippen LogP contribution in [-0.2, 0) is 11.8 Å². The fourth-order valence-electron chi connectivity index (χ4n) is 8.25. The average molecular weight is 491 g/mol. The molecule has 3 heterocycles. The zero-order chi connectivity index (χ0) is 24.6. The first-order chi connectivity index (χ1) is 17.3. The predicted octanol–water partition coefficient (Wildman–Crippen LogP) is 2.76. The van der Waals surface area contributed by atoms with E-state index in [9.17, 15) is 24.2 Å². The summed E-state index contributed by atoms with van der Waals surface area (Å²) < 4.78 is 20.4. The first-order valence-corrected chi connectivity index (χ1v) is 13.0. The van der Waals surface area contributed by atoms with E-state index < -0.39 is 40.8 Å². The van der Waals surface area contributed by atoms with E-state index >= 15 is 0 Å². The second-order valence-corrected chi connectivity index (χ2v) is 11.6. The number of aliphatic hydroxyl groups is 1. The number of carbonyl (C=O) groups is 2. The van der Waals surface area contributed by atoms with Crippen LogP contribution in [0.1, 0.15) is 63.9 Å². The lowest BCUT2D eigenvalue weighted by atomic mass is 9.48. The van der Waals surface area contributed by atoms with Crippen molar-refractivity contribution in [2.24, 2.45) is 5.92 Å². The number of benzene rings is 2. The lowest BCUT2D eigenvalue weighted by Gasteiger charge is -2.64. The number of piperidine rings is 1. The van der Waals surface area contributed by atoms with Crippen molar-refractivity contribution in [2.75, 3.05) is 13.1 Å². The van der Waals surface area contributed by atoms with Crippen molar-refractivity contribution >= 4 is 11.8 Å². The van der Waals surface area contributed by atoms with Crippen LogP contribution in [0.2, 0.25) is 0 Å². The monoisotopic (exact) mass is 490 g/mol. The molecular weight excluding hydrogens is 463 g/mol. The molecule has 1 saturated heterocycles. The minimum Gasteiger partial charge on any atom is -0.504 e. The molecule has 8 rings (SSSR count). The van der Waals surface area contributed by atoms with Crippen molar-refractivity contribution in [2.45, 2.75) is 67.7 Å². The molecule has 36 heavy (non-hydrogen) atoms. The molecule has 2 N–H and O–H groups in total. The number of carbonyl (C=O) groups excluding carboxylic acids is 2. The Kier molecular flexibility index (Phi) is 3.91. The Labute approximate surface area is 207 Å². The van der Waals surface area contributed by atoms with Gasteiger partial charge in [0.1, 0.15) is 11.9 Å². The average Bonchev–Trinajstić information content (AvgIpc) is 3.55. The molecule has 8 heteroatoms. The van der Waals surface area contributed by atoms with E-state index in [1.165, 1.54) is 29.9 Å². The first-order valence-electron chi connectivity index (χ1n) is 13.0. The minimum absolute atomic E-state index is 0.0157. The van der Waals surface area contributed by atoms with Gasteiger partial charge in [0.05, 0.1) is 28.2 Å². The molecule has 1 spiro atoms. The van der Waals surface area contributed by atoms with Gasteiger partial charge in [-0.05, 0) is 80.8 Å². The Balaban J connectivity index is 1.27. The van der Waals surface area contributed by atoms with Gasteiger partial charge in [0, 0.05) is 18.2 Å². The predicted molar refractivity (Wildman–Crippen MR) is 125 cm³/mol. The SMILES string of the molecule is O=C1c2ccc(F)cc2C(=O)N1[C@H]1CC[C@@]2(O)[C@@H]3Cc4ccc(O)c5c4[C@@]2(CCN3CC2CC2)[C@H]1O5. The lowest BCUT2D eigenvalue weighted by Crippen LogP contribution is -2.78. The lowest BCUT2D eigenvalue weighted by molar-refractivity contribution is -0.196. The van der Waals surface area contributed by atoms with E-state index in [4.69, 9.17) is 4.74 Å². The normalized spacial score (nSPS) is 36.1. The fourth-order valence-corrected chi connectivity index (χ4v) is 8.25. The number of amides is 2. The molecular formula is C28H27FN2O5. The number of rotatable bonds is 3. The highest BCUT2D eigenvalue weighted by Crippen LogP contribution is 2.66. The molecule has 6 aliphatic rings. The Bertz CT molecular complexity index is 1370. The van der Waals surface area contributed by atoms with Gasteiger partial charge in [0.15, 0.2) is 11.5 Å². The van der Waals surface area contributed by atoms with E-state index in [1.54, 1.807) is 6.07 Å². The Hall–Kier alpha value is -2.97. The third-order valence-electron chi connectivity index (χ3n) is 9.94. The molecule has 3 aliphatic heterocycles. The van der Waals surface area contributed by atoms with E-state index in [0.717, 1.165) is 30.3 Å². The molecule has 2 aromatic carbocycles. The number of phenolic OH excluding ortho intramolecular Hbond substituents is 1. The maximum Gasteiger partial charge on any atom is 0.262 e. The largest absolute Gasteiger partial charge is 0.504 e. The van der Waals surface area contributed by atoms with Crippen LogP contribution < -0.4 is 4.74 Å². The number of nitrogens with zero attached hydrogens (tertiary/aromatic N) is 2. The van der Waals surface area contributed by atoms with Gasteiger partial charge in [-0.2, -0.15) is 0 Å². The van der Waals surface area contributed by atoms with Gasteiger partial charge < -0.3 is 14.9 Å². The van der Waals surface area contributed by atoms with Crippen LogP contribution in [0, 0.1) is 11.7 Å². The maximum absolute atomic E-state index is 13.9. The van der Waals surface area contributed by atoms with Crippen LogP contribution in [0.15, 0.2) is 30.3 Å². The third kappa shape index (κ3) is 2.35. The van der Waals surface area contributed by atoms with Crippen LogP contribution in [0.3, 0.4) is 0 Å². The number of fused-ring (bicyclic) bond motifs is 1. The van der Waals surface area contributed by atoms with Gasteiger partial charge in [-0.25, -0.2) is 4.39 Å². The van der Waals surface area contributed by atoms with E-state index in [-0.39, 0.29) is 22.9 Å². The van der Waals surface area contributed by atoms with Crippen molar-refractivity contribution in [3.05, 3.63) is 58.4 Å². The molecule has 2 saturated carbocycles. The van der Waals surface area contributed by atoms with Crippen molar-refractivity contribution in [3.8, 4) is 11.5 Å². The zero-order valence-corrected chi connectivity index (χ0v) is 19.7. The van der Waals surface area contributed by atoms with Crippen LogP contribution in [0.25, 0.3) is 0 Å². The van der Waals surface area contributed by atoms with Crippen LogP contribution in [0.4, 0.5) is 4.39 Å². The molecule has 7 nitrogen and oxygen atoms in total. The van der Waals surface area contributed by atoms with Crippen molar-refractivity contribution < 1.29 is 28.9 Å². The standard InChI is InChI=1S/C28H27FN2O5/c29-16-4-5-17-18(12-16)26(34)31(25(17)33)19-7-8-28(35)21-11-15-3-6-20(32)23-22(15)27(28,24(19)36-23)9-10-30(21)13-14-1-2-14/h3-6,12,14,19,21,24,32,35H,1-2,7-11,13H2/t19-,21-,24-,27-,28+/m0/s1. The second kappa shape index (κ2) is 6.66. The molecule has 0 aromatic heterocycles. The number of aromatic hydroxyl groups is 1. The number of hydrogen-bond acceptors (Lipinski definition) is 6. The van der Waals surface area contributed by atoms with Crippen LogP contribution in [0.5, 0.6) is 11.5 Å². The summed E-state index contributed by atoms with van der Waals surface area (Å²) in [5.41, 5.74) is 0.244. The summed E-state index contributed by atoms with van der Waals surface area (Å²) in [4.78, 5) is 30.6. The quantitative estimate of drug-likeness (QED) is 0.644. The molecule has 186 valence electrons. The Morgan fingerprint density at radius 1 is 1.06 bits per heavy atom. The smallest absolute Gasteiger partial charge is 0.262 e. The third-order valence-corrected chi connectivity index (χ3v) is 9.94. The summed E-state index contributed by atoms with van der Waals surface area (Å²) in [6.07, 6.45) is 3.88. The van der Waals surface area contributed by atoms with Crippen LogP contribution in [-0.4, -0.2) is 68.7 Å². The van der Waals surface area contributed by atoms with Crippen molar-refractivity contribution in [1.29, 1.82) is 0 Å². The van der Waals surface area contributed by atoms with E-state index in [1.807, 2.05) is 6.07 Å². The molecule has 3 fully saturated rings. The first kappa shape index (κ1) is 21.1. The number of likely N-dealkylation sites (tertiary alicyclic amines) is 1.